The zero-order valence-electron chi connectivity index (χ0n) is 10.5. The van der Waals surface area contributed by atoms with Crippen molar-refractivity contribution in [2.75, 3.05) is 17.3 Å². The number of hydrogen-bond donors (Lipinski definition) is 3. The van der Waals surface area contributed by atoms with Crippen LogP contribution in [0.2, 0.25) is 0 Å². The van der Waals surface area contributed by atoms with E-state index in [1.165, 1.54) is 18.2 Å². The number of primary amides is 1. The Balaban J connectivity index is 3.12. The van der Waals surface area contributed by atoms with Gasteiger partial charge in [-0.25, -0.2) is 8.42 Å². The molecule has 0 atom stereocenters. The molecule has 0 radical (unpaired) electrons. The van der Waals surface area contributed by atoms with Gasteiger partial charge in [0.05, 0.1) is 16.3 Å². The molecule has 5 N–H and O–H groups in total. The minimum Gasteiger partial charge on any atom is -0.397 e. The molecule has 0 aliphatic rings. The quantitative estimate of drug-likeness (QED) is 0.683. The number of rotatable bonds is 4. The van der Waals surface area contributed by atoms with Crippen LogP contribution in [0, 0.1) is 0 Å². The van der Waals surface area contributed by atoms with Crippen LogP contribution in [0.5, 0.6) is 0 Å². The molecule has 1 rings (SSSR count). The number of nitrogens with one attached hydrogen (secondary N) is 1. The summed E-state index contributed by atoms with van der Waals surface area (Å²) in [6.45, 7) is 3.22. The van der Waals surface area contributed by atoms with Gasteiger partial charge >= 0.3 is 0 Å². The Morgan fingerprint density at radius 3 is 2.28 bits per heavy atom. The fourth-order valence-corrected chi connectivity index (χ4v) is 1.94. The van der Waals surface area contributed by atoms with Crippen molar-refractivity contribution in [3.63, 3.8) is 0 Å². The molecule has 18 heavy (non-hydrogen) atoms. The summed E-state index contributed by atoms with van der Waals surface area (Å²) in [5, 5.41) is 2.87. The maximum Gasteiger partial charge on any atom is 0.242 e. The molecule has 0 unspecified atom stereocenters. The Kier molecular flexibility index (Phi) is 3.57. The van der Waals surface area contributed by atoms with E-state index >= 15 is 0 Å². The van der Waals surface area contributed by atoms with Gasteiger partial charge in [-0.1, -0.05) is 0 Å². The predicted octanol–water partition coefficient (Wildman–Crippen LogP) is 0.348. The summed E-state index contributed by atoms with van der Waals surface area (Å²) in [6.07, 6.45) is 1.10. The van der Waals surface area contributed by atoms with E-state index in [-0.39, 0.29) is 10.6 Å². The third kappa shape index (κ3) is 3.13. The Labute approximate surface area is 106 Å². The first kappa shape index (κ1) is 14.3. The van der Waals surface area contributed by atoms with Gasteiger partial charge in [-0.3, -0.25) is 4.79 Å². The van der Waals surface area contributed by atoms with E-state index in [2.05, 4.69) is 5.32 Å². The van der Waals surface area contributed by atoms with Crippen LogP contribution in [0.1, 0.15) is 13.8 Å². The summed E-state index contributed by atoms with van der Waals surface area (Å²) >= 11 is 0. The normalized spacial score (nSPS) is 12.2. The number of anilines is 2. The second-order valence-corrected chi connectivity index (χ2v) is 6.65. The molecule has 0 saturated carbocycles. The first-order valence-electron chi connectivity index (χ1n) is 5.22. The van der Waals surface area contributed by atoms with Gasteiger partial charge in [-0.15, -0.1) is 0 Å². The molecule has 0 aromatic heterocycles. The van der Waals surface area contributed by atoms with Crippen molar-refractivity contribution >= 4 is 27.1 Å². The molecule has 7 heteroatoms. The van der Waals surface area contributed by atoms with Crippen molar-refractivity contribution in [1.82, 2.24) is 0 Å². The fraction of sp³-hybridized carbons (Fsp3) is 0.364. The van der Waals surface area contributed by atoms with Gasteiger partial charge in [-0.05, 0) is 32.0 Å². The van der Waals surface area contributed by atoms with Crippen molar-refractivity contribution in [1.29, 1.82) is 0 Å². The highest BCUT2D eigenvalue weighted by molar-refractivity contribution is 7.90. The summed E-state index contributed by atoms with van der Waals surface area (Å²) < 4.78 is 22.7. The zero-order chi connectivity index (χ0) is 14.1. The van der Waals surface area contributed by atoms with E-state index < -0.39 is 21.3 Å². The maximum atomic E-state index is 11.3. The molecule has 100 valence electrons. The smallest absolute Gasteiger partial charge is 0.242 e. The Morgan fingerprint density at radius 2 is 1.89 bits per heavy atom. The highest BCUT2D eigenvalue weighted by Gasteiger charge is 2.25. The molecular weight excluding hydrogens is 254 g/mol. The lowest BCUT2D eigenvalue weighted by atomic mass is 10.0. The molecule has 0 aliphatic carbocycles. The lowest BCUT2D eigenvalue weighted by Gasteiger charge is -2.24. The fourth-order valence-electron chi connectivity index (χ4n) is 1.28. The predicted molar refractivity (Wildman–Crippen MR) is 70.9 cm³/mol. The topological polar surface area (TPSA) is 115 Å². The van der Waals surface area contributed by atoms with Crippen LogP contribution in [0.3, 0.4) is 0 Å². The zero-order valence-corrected chi connectivity index (χ0v) is 11.3. The van der Waals surface area contributed by atoms with Crippen molar-refractivity contribution in [2.45, 2.75) is 24.3 Å². The molecule has 6 nitrogen and oxygen atoms in total. The maximum absolute atomic E-state index is 11.3. The van der Waals surface area contributed by atoms with Gasteiger partial charge in [0.1, 0.15) is 5.54 Å². The number of benzene rings is 1. The number of carbonyl (C=O) groups is 1. The third-order valence-corrected chi connectivity index (χ3v) is 3.62. The number of nitrogen functional groups attached to an aromatic ring is 1. The van der Waals surface area contributed by atoms with Gasteiger partial charge in [0.2, 0.25) is 5.91 Å². The first-order chi connectivity index (χ1) is 8.04. The van der Waals surface area contributed by atoms with Crippen LogP contribution in [-0.4, -0.2) is 26.1 Å². The molecule has 0 spiro atoms. The van der Waals surface area contributed by atoms with E-state index in [1.807, 2.05) is 0 Å². The van der Waals surface area contributed by atoms with Gasteiger partial charge in [-0.2, -0.15) is 0 Å². The molecule has 0 saturated heterocycles. The van der Waals surface area contributed by atoms with E-state index in [4.69, 9.17) is 11.5 Å². The Bertz CT molecular complexity index is 579. The van der Waals surface area contributed by atoms with Crippen LogP contribution in [-0.2, 0) is 14.6 Å². The van der Waals surface area contributed by atoms with Crippen molar-refractivity contribution in [3.05, 3.63) is 18.2 Å². The van der Waals surface area contributed by atoms with E-state index in [9.17, 15) is 13.2 Å². The molecule has 1 aromatic rings. The van der Waals surface area contributed by atoms with Gasteiger partial charge in [0.25, 0.3) is 0 Å². The summed E-state index contributed by atoms with van der Waals surface area (Å²) in [7, 11) is -3.30. The van der Waals surface area contributed by atoms with Crippen LogP contribution in [0.25, 0.3) is 0 Å². The summed E-state index contributed by atoms with van der Waals surface area (Å²) in [5.74, 6) is -0.533. The highest BCUT2D eigenvalue weighted by atomic mass is 32.2. The summed E-state index contributed by atoms with van der Waals surface area (Å²) in [4.78, 5) is 11.3. The molecule has 1 aromatic carbocycles. The first-order valence-corrected chi connectivity index (χ1v) is 7.11. The molecule has 0 heterocycles. The number of carbonyl (C=O) groups excluding carboxylic acids is 1. The van der Waals surface area contributed by atoms with Crippen LogP contribution in [0.4, 0.5) is 11.4 Å². The highest BCUT2D eigenvalue weighted by Crippen LogP contribution is 2.25. The second-order valence-electron chi connectivity index (χ2n) is 4.64. The lowest BCUT2D eigenvalue weighted by molar-refractivity contribution is -0.121. The van der Waals surface area contributed by atoms with E-state index in [1.54, 1.807) is 13.8 Å². The third-order valence-electron chi connectivity index (χ3n) is 2.51. The Hall–Kier alpha value is -1.76. The van der Waals surface area contributed by atoms with Gasteiger partial charge in [0, 0.05) is 6.26 Å². The average Bonchev–Trinajstić information content (AvgIpc) is 2.19. The van der Waals surface area contributed by atoms with Gasteiger partial charge < -0.3 is 16.8 Å². The standard InChI is InChI=1S/C11H17N3O3S/c1-11(2,10(13)15)14-9-5-4-7(6-8(9)12)18(3,16)17/h4-6,14H,12H2,1-3H3,(H2,13,15). The van der Waals surface area contributed by atoms with Crippen molar-refractivity contribution in [2.24, 2.45) is 5.73 Å². The lowest BCUT2D eigenvalue weighted by Crippen LogP contribution is -2.45. The summed E-state index contributed by atoms with van der Waals surface area (Å²) in [6, 6.07) is 4.27. The summed E-state index contributed by atoms with van der Waals surface area (Å²) in [5.41, 5.74) is 10.7. The van der Waals surface area contributed by atoms with Gasteiger partial charge in [0.15, 0.2) is 9.84 Å². The number of amides is 1. The van der Waals surface area contributed by atoms with Crippen molar-refractivity contribution < 1.29 is 13.2 Å². The minimum atomic E-state index is -3.30. The monoisotopic (exact) mass is 271 g/mol. The van der Waals surface area contributed by atoms with Crippen LogP contribution < -0.4 is 16.8 Å². The van der Waals surface area contributed by atoms with E-state index in [0.29, 0.717) is 5.69 Å². The largest absolute Gasteiger partial charge is 0.397 e. The SMILES string of the molecule is CC(C)(Nc1ccc(S(C)(=O)=O)cc1N)C(N)=O. The number of sulfone groups is 1. The van der Waals surface area contributed by atoms with Crippen LogP contribution >= 0.6 is 0 Å². The Morgan fingerprint density at radius 1 is 1.33 bits per heavy atom. The average molecular weight is 271 g/mol. The molecule has 0 bridgehead atoms. The molecule has 1 amide bonds. The number of nitrogens with two attached hydrogens (primary N) is 2. The number of hydrogen-bond acceptors (Lipinski definition) is 5. The molecule has 0 aliphatic heterocycles. The molecular formula is C11H17N3O3S. The van der Waals surface area contributed by atoms with Crippen molar-refractivity contribution in [3.8, 4) is 0 Å². The van der Waals surface area contributed by atoms with E-state index in [0.717, 1.165) is 6.26 Å². The molecule has 0 fully saturated rings. The van der Waals surface area contributed by atoms with Crippen LogP contribution in [0.15, 0.2) is 23.1 Å². The minimum absolute atomic E-state index is 0.127. The second kappa shape index (κ2) is 4.49.